The molecule has 1 aromatic rings. The first-order valence-electron chi connectivity index (χ1n) is 7.31. The SMILES string of the molecule is CCC(C)COc1c(Cl)cc(CNCCOC)cc1OC. The quantitative estimate of drug-likeness (QED) is 0.671. The third-order valence-corrected chi connectivity index (χ3v) is 3.59. The summed E-state index contributed by atoms with van der Waals surface area (Å²) in [5.41, 5.74) is 1.06. The van der Waals surface area contributed by atoms with Crippen LogP contribution in [0.4, 0.5) is 0 Å². The summed E-state index contributed by atoms with van der Waals surface area (Å²) in [5.74, 6) is 1.79. The van der Waals surface area contributed by atoms with Gasteiger partial charge in [0.05, 0.1) is 25.3 Å². The lowest BCUT2D eigenvalue weighted by Gasteiger charge is -2.16. The van der Waals surface area contributed by atoms with Crippen molar-refractivity contribution in [2.75, 3.05) is 34.0 Å². The predicted octanol–water partition coefficient (Wildman–Crippen LogP) is 3.51. The molecule has 0 amide bonds. The van der Waals surface area contributed by atoms with Crippen LogP contribution in [0.15, 0.2) is 12.1 Å². The zero-order valence-electron chi connectivity index (χ0n) is 13.4. The number of ether oxygens (including phenoxy) is 3. The third-order valence-electron chi connectivity index (χ3n) is 3.31. The molecule has 0 saturated heterocycles. The van der Waals surface area contributed by atoms with Crippen LogP contribution in [0.1, 0.15) is 25.8 Å². The molecule has 4 nitrogen and oxygen atoms in total. The fourth-order valence-corrected chi connectivity index (χ4v) is 2.05. The van der Waals surface area contributed by atoms with Gasteiger partial charge in [-0.25, -0.2) is 0 Å². The molecular formula is C16H26ClNO3. The van der Waals surface area contributed by atoms with Gasteiger partial charge >= 0.3 is 0 Å². The Morgan fingerprint density at radius 3 is 2.67 bits per heavy atom. The maximum atomic E-state index is 6.32. The second kappa shape index (κ2) is 9.87. The molecule has 1 N–H and O–H groups in total. The van der Waals surface area contributed by atoms with E-state index in [9.17, 15) is 0 Å². The van der Waals surface area contributed by atoms with Gasteiger partial charge in [-0.15, -0.1) is 0 Å². The van der Waals surface area contributed by atoms with Crippen LogP contribution in [0.3, 0.4) is 0 Å². The first-order valence-corrected chi connectivity index (χ1v) is 7.69. The van der Waals surface area contributed by atoms with Crippen LogP contribution in [0.5, 0.6) is 11.5 Å². The van der Waals surface area contributed by atoms with E-state index in [0.717, 1.165) is 18.5 Å². The Morgan fingerprint density at radius 1 is 1.29 bits per heavy atom. The van der Waals surface area contributed by atoms with Gasteiger partial charge in [-0.1, -0.05) is 31.9 Å². The van der Waals surface area contributed by atoms with E-state index in [1.807, 2.05) is 12.1 Å². The first kappa shape index (κ1) is 18.1. The zero-order chi connectivity index (χ0) is 15.7. The molecule has 0 fully saturated rings. The molecule has 0 spiro atoms. The molecule has 0 aliphatic rings. The lowest BCUT2D eigenvalue weighted by atomic mass is 10.1. The molecule has 0 radical (unpaired) electrons. The Kier molecular flexibility index (Phi) is 8.50. The molecule has 0 bridgehead atoms. The van der Waals surface area contributed by atoms with Crippen molar-refractivity contribution in [3.63, 3.8) is 0 Å². The molecule has 0 saturated carbocycles. The Balaban J connectivity index is 2.72. The van der Waals surface area contributed by atoms with Crippen molar-refractivity contribution >= 4 is 11.6 Å². The number of hydrogen-bond acceptors (Lipinski definition) is 4. The van der Waals surface area contributed by atoms with Crippen LogP contribution in [0.25, 0.3) is 0 Å². The van der Waals surface area contributed by atoms with Crippen molar-refractivity contribution in [1.82, 2.24) is 5.32 Å². The van der Waals surface area contributed by atoms with Crippen LogP contribution in [0.2, 0.25) is 5.02 Å². The molecule has 5 heteroatoms. The summed E-state index contributed by atoms with van der Waals surface area (Å²) in [6.07, 6.45) is 1.07. The number of benzene rings is 1. The highest BCUT2D eigenvalue weighted by atomic mass is 35.5. The van der Waals surface area contributed by atoms with Gasteiger partial charge in [0.15, 0.2) is 11.5 Å². The van der Waals surface area contributed by atoms with Gasteiger partial charge in [0.2, 0.25) is 0 Å². The van der Waals surface area contributed by atoms with Crippen molar-refractivity contribution in [1.29, 1.82) is 0 Å². The van der Waals surface area contributed by atoms with Crippen LogP contribution in [-0.4, -0.2) is 34.0 Å². The monoisotopic (exact) mass is 315 g/mol. The van der Waals surface area contributed by atoms with Gasteiger partial charge in [-0.2, -0.15) is 0 Å². The van der Waals surface area contributed by atoms with Gasteiger partial charge in [0.25, 0.3) is 0 Å². The normalized spacial score (nSPS) is 12.2. The Morgan fingerprint density at radius 2 is 2.05 bits per heavy atom. The van der Waals surface area contributed by atoms with Gasteiger partial charge < -0.3 is 19.5 Å². The standard InChI is InChI=1S/C16H26ClNO3/c1-5-12(2)11-21-16-14(17)8-13(9-15(16)20-4)10-18-6-7-19-3/h8-9,12,18H,5-7,10-11H2,1-4H3. The average molecular weight is 316 g/mol. The topological polar surface area (TPSA) is 39.7 Å². The lowest BCUT2D eigenvalue weighted by molar-refractivity contribution is 0.199. The van der Waals surface area contributed by atoms with Crippen molar-refractivity contribution < 1.29 is 14.2 Å². The summed E-state index contributed by atoms with van der Waals surface area (Å²) in [6.45, 7) is 7.11. The number of methoxy groups -OCH3 is 2. The van der Waals surface area contributed by atoms with Crippen molar-refractivity contribution in [3.8, 4) is 11.5 Å². The fourth-order valence-electron chi connectivity index (χ4n) is 1.77. The zero-order valence-corrected chi connectivity index (χ0v) is 14.1. The van der Waals surface area contributed by atoms with Gasteiger partial charge in [-0.05, 0) is 23.6 Å². The van der Waals surface area contributed by atoms with Crippen molar-refractivity contribution in [2.24, 2.45) is 5.92 Å². The van der Waals surface area contributed by atoms with E-state index >= 15 is 0 Å². The molecule has 1 unspecified atom stereocenters. The lowest BCUT2D eigenvalue weighted by Crippen LogP contribution is -2.18. The Hall–Kier alpha value is -0.970. The van der Waals surface area contributed by atoms with E-state index in [1.54, 1.807) is 14.2 Å². The minimum atomic E-state index is 0.487. The number of rotatable bonds is 10. The first-order chi connectivity index (χ1) is 10.1. The molecule has 1 aromatic carbocycles. The van der Waals surface area contributed by atoms with Crippen LogP contribution in [-0.2, 0) is 11.3 Å². The van der Waals surface area contributed by atoms with E-state index in [1.165, 1.54) is 0 Å². The highest BCUT2D eigenvalue weighted by Crippen LogP contribution is 2.36. The van der Waals surface area contributed by atoms with Crippen molar-refractivity contribution in [2.45, 2.75) is 26.8 Å². The molecule has 0 aromatic heterocycles. The minimum absolute atomic E-state index is 0.487. The molecule has 0 aliphatic carbocycles. The average Bonchev–Trinajstić information content (AvgIpc) is 2.49. The maximum absolute atomic E-state index is 6.32. The summed E-state index contributed by atoms with van der Waals surface area (Å²) >= 11 is 6.32. The predicted molar refractivity (Wildman–Crippen MR) is 86.5 cm³/mol. The van der Waals surface area contributed by atoms with E-state index in [0.29, 0.717) is 42.2 Å². The Bertz CT molecular complexity index is 426. The molecule has 1 atom stereocenters. The van der Waals surface area contributed by atoms with Gasteiger partial charge in [0, 0.05) is 20.2 Å². The van der Waals surface area contributed by atoms with Crippen LogP contribution in [0, 0.1) is 5.92 Å². The minimum Gasteiger partial charge on any atom is -0.493 e. The molecule has 120 valence electrons. The Labute approximate surface area is 132 Å². The molecular weight excluding hydrogens is 290 g/mol. The summed E-state index contributed by atoms with van der Waals surface area (Å²) in [6, 6.07) is 3.87. The summed E-state index contributed by atoms with van der Waals surface area (Å²) in [4.78, 5) is 0. The van der Waals surface area contributed by atoms with Crippen molar-refractivity contribution in [3.05, 3.63) is 22.7 Å². The highest BCUT2D eigenvalue weighted by molar-refractivity contribution is 6.32. The van der Waals surface area contributed by atoms with Gasteiger partial charge in [0.1, 0.15) is 0 Å². The van der Waals surface area contributed by atoms with Gasteiger partial charge in [-0.3, -0.25) is 0 Å². The van der Waals surface area contributed by atoms with E-state index in [4.69, 9.17) is 25.8 Å². The molecule has 1 rings (SSSR count). The summed E-state index contributed by atoms with van der Waals surface area (Å²) in [5, 5.41) is 3.86. The molecule has 0 aliphatic heterocycles. The van der Waals surface area contributed by atoms with E-state index in [2.05, 4.69) is 19.2 Å². The largest absolute Gasteiger partial charge is 0.493 e. The molecule has 0 heterocycles. The second-order valence-corrected chi connectivity index (χ2v) is 5.51. The number of halogens is 1. The van der Waals surface area contributed by atoms with E-state index in [-0.39, 0.29) is 0 Å². The number of hydrogen-bond donors (Lipinski definition) is 1. The second-order valence-electron chi connectivity index (χ2n) is 5.10. The maximum Gasteiger partial charge on any atom is 0.179 e. The van der Waals surface area contributed by atoms with E-state index < -0.39 is 0 Å². The van der Waals surface area contributed by atoms with Crippen LogP contribution < -0.4 is 14.8 Å². The van der Waals surface area contributed by atoms with Crippen LogP contribution >= 0.6 is 11.6 Å². The molecule has 21 heavy (non-hydrogen) atoms. The number of nitrogens with one attached hydrogen (secondary N) is 1. The fraction of sp³-hybridized carbons (Fsp3) is 0.625. The third kappa shape index (κ3) is 6.12. The summed E-state index contributed by atoms with van der Waals surface area (Å²) < 4.78 is 16.2. The smallest absolute Gasteiger partial charge is 0.179 e. The summed E-state index contributed by atoms with van der Waals surface area (Å²) in [7, 11) is 3.31. The highest BCUT2D eigenvalue weighted by Gasteiger charge is 2.13.